The molecule has 0 aromatic heterocycles. The van der Waals surface area contributed by atoms with Gasteiger partial charge in [0, 0.05) is 0 Å². The number of unbranched alkanes of at least 4 members (excludes halogenated alkanes) is 8. The molecule has 0 N–H and O–H groups in total. The van der Waals surface area contributed by atoms with E-state index in [2.05, 4.69) is 74.1 Å². The van der Waals surface area contributed by atoms with Gasteiger partial charge in [-0.3, -0.25) is 0 Å². The second-order valence-electron chi connectivity index (χ2n) is 11.4. The summed E-state index contributed by atoms with van der Waals surface area (Å²) in [6.07, 6.45) is 21.0. The Balaban J connectivity index is 7.24. The van der Waals surface area contributed by atoms with Crippen molar-refractivity contribution in [2.24, 2.45) is 0 Å². The van der Waals surface area contributed by atoms with Gasteiger partial charge in [0.05, 0.1) is 0 Å². The van der Waals surface area contributed by atoms with Gasteiger partial charge in [-0.05, 0) is 0 Å². The molecule has 0 bridgehead atoms. The summed E-state index contributed by atoms with van der Waals surface area (Å²) >= 11 is 0. The van der Waals surface area contributed by atoms with Crippen LogP contribution >= 0.6 is 7.87 Å². The van der Waals surface area contributed by atoms with Crippen LogP contribution in [0.25, 0.3) is 0 Å². The molecule has 0 aromatic carbocycles. The fourth-order valence-corrected chi connectivity index (χ4v) is 11.7. The molecule has 0 saturated carbocycles. The first kappa shape index (κ1) is 37.3. The molecule has 0 rings (SSSR count). The minimum atomic E-state index is -2.28. The molecule has 226 valence electrons. The second-order valence-corrected chi connectivity index (χ2v) is 15.1. The molecule has 0 amide bonds. The van der Waals surface area contributed by atoms with Crippen LogP contribution in [0.4, 0.5) is 0 Å². The van der Waals surface area contributed by atoms with Crippen LogP contribution in [0, 0.1) is 0 Å². The van der Waals surface area contributed by atoms with Crippen molar-refractivity contribution in [2.45, 2.75) is 158 Å². The molecule has 0 radical (unpaired) electrons. The first-order valence-electron chi connectivity index (χ1n) is 17.1. The second kappa shape index (κ2) is 25.3. The zero-order valence-electron chi connectivity index (χ0n) is 27.3. The Labute approximate surface area is 236 Å². The summed E-state index contributed by atoms with van der Waals surface area (Å²) in [5.74, 6) is 0. The number of nitrogens with zero attached hydrogens (tertiary/aromatic N) is 4. The Morgan fingerprint density at radius 2 is 0.405 bits per heavy atom. The van der Waals surface area contributed by atoms with Crippen LogP contribution in [-0.2, 0) is 0 Å². The van der Waals surface area contributed by atoms with Gasteiger partial charge in [-0.2, -0.15) is 0 Å². The van der Waals surface area contributed by atoms with Gasteiger partial charge in [-0.25, -0.2) is 0 Å². The van der Waals surface area contributed by atoms with Crippen molar-refractivity contribution < 1.29 is 0 Å². The van der Waals surface area contributed by atoms with Crippen molar-refractivity contribution in [2.75, 3.05) is 52.4 Å². The average molecular weight is 545 g/mol. The van der Waals surface area contributed by atoms with Gasteiger partial charge >= 0.3 is 237 Å². The van der Waals surface area contributed by atoms with E-state index in [-0.39, 0.29) is 0 Å². The molecule has 37 heavy (non-hydrogen) atoms. The van der Waals surface area contributed by atoms with Crippen LogP contribution in [0.2, 0.25) is 0 Å². The van der Waals surface area contributed by atoms with E-state index < -0.39 is 7.87 Å². The van der Waals surface area contributed by atoms with Crippen LogP contribution in [0.5, 0.6) is 0 Å². The summed E-state index contributed by atoms with van der Waals surface area (Å²) in [7, 11) is -2.28. The molecular formula is C32H73N4P. The van der Waals surface area contributed by atoms with E-state index in [1.54, 1.807) is 0 Å². The van der Waals surface area contributed by atoms with E-state index in [4.69, 9.17) is 0 Å². The molecule has 0 aliphatic heterocycles. The maximum atomic E-state index is 3.14. The Morgan fingerprint density at radius 3 is 0.514 bits per heavy atom. The Bertz CT molecular complexity index is 358. The van der Waals surface area contributed by atoms with Crippen molar-refractivity contribution >= 4 is 7.87 Å². The molecule has 4 nitrogen and oxygen atoms in total. The topological polar surface area (TPSA) is 13.0 Å². The van der Waals surface area contributed by atoms with E-state index in [0.717, 1.165) is 0 Å². The molecule has 0 heterocycles. The van der Waals surface area contributed by atoms with E-state index in [1.807, 2.05) is 0 Å². The molecule has 0 spiro atoms. The average Bonchev–Trinajstić information content (AvgIpc) is 2.92. The molecule has 0 aromatic rings. The van der Waals surface area contributed by atoms with Crippen molar-refractivity contribution in [1.82, 2.24) is 18.7 Å². The van der Waals surface area contributed by atoms with Gasteiger partial charge in [0.25, 0.3) is 0 Å². The van der Waals surface area contributed by atoms with Gasteiger partial charge in [0.15, 0.2) is 0 Å². The van der Waals surface area contributed by atoms with Crippen LogP contribution in [0.15, 0.2) is 0 Å². The van der Waals surface area contributed by atoms with Crippen LogP contribution in [0.3, 0.4) is 0 Å². The minimum absolute atomic E-state index is 1.28. The molecule has 0 saturated heterocycles. The van der Waals surface area contributed by atoms with Gasteiger partial charge in [-0.1, -0.05) is 0 Å². The van der Waals surface area contributed by atoms with Crippen LogP contribution in [0.1, 0.15) is 158 Å². The third-order valence-corrected chi connectivity index (χ3v) is 13.1. The summed E-state index contributed by atoms with van der Waals surface area (Å²) in [4.78, 5) is 0. The Kier molecular flexibility index (Phi) is 25.4. The third kappa shape index (κ3) is 13.5. The predicted octanol–water partition coefficient (Wildman–Crippen LogP) is 10.0. The number of hydrogen-bond donors (Lipinski definition) is 0. The number of hydrogen-bond acceptors (Lipinski definition) is 4. The fourth-order valence-electron chi connectivity index (χ4n) is 5.64. The molecule has 0 fully saturated rings. The standard InChI is InChI=1S/C32H73N4P/c1-9-17-25-33(26-18-10-2)37(34(27-19-11-3)28-20-12-4,35(29-21-13-5)30-22-14-6)36(31-23-15-7)32-24-16-8/h37H,9-32H2,1-8H3. The summed E-state index contributed by atoms with van der Waals surface area (Å²) in [6.45, 7) is 29.4. The fraction of sp³-hybridized carbons (Fsp3) is 1.00. The monoisotopic (exact) mass is 545 g/mol. The summed E-state index contributed by atoms with van der Waals surface area (Å²) < 4.78 is 12.6. The van der Waals surface area contributed by atoms with E-state index in [9.17, 15) is 0 Å². The van der Waals surface area contributed by atoms with Gasteiger partial charge in [0.2, 0.25) is 0 Å². The predicted molar refractivity (Wildman–Crippen MR) is 174 cm³/mol. The van der Waals surface area contributed by atoms with Crippen LogP contribution < -0.4 is 0 Å². The van der Waals surface area contributed by atoms with Crippen molar-refractivity contribution in [3.8, 4) is 0 Å². The Hall–Kier alpha value is 0.270. The SMILES string of the molecule is CCCCN(CCCC)[PH](N(CCCC)CCCC)(N(CCCC)CCCC)N(CCCC)CCCC. The molecule has 0 unspecified atom stereocenters. The van der Waals surface area contributed by atoms with Crippen molar-refractivity contribution in [3.05, 3.63) is 0 Å². The molecular weight excluding hydrogens is 471 g/mol. The summed E-state index contributed by atoms with van der Waals surface area (Å²) in [6, 6.07) is 0. The number of rotatable bonds is 28. The van der Waals surface area contributed by atoms with Gasteiger partial charge in [0.1, 0.15) is 0 Å². The van der Waals surface area contributed by atoms with Gasteiger partial charge in [-0.15, -0.1) is 0 Å². The molecule has 0 atom stereocenters. The first-order chi connectivity index (χ1) is 18.1. The normalized spacial score (nSPS) is 13.1. The third-order valence-electron chi connectivity index (χ3n) is 7.95. The van der Waals surface area contributed by atoms with Crippen molar-refractivity contribution in [3.63, 3.8) is 0 Å². The first-order valence-corrected chi connectivity index (χ1v) is 18.9. The quantitative estimate of drug-likeness (QED) is 0.0908. The molecule has 0 aliphatic rings. The van der Waals surface area contributed by atoms with E-state index >= 15 is 0 Å². The zero-order chi connectivity index (χ0) is 27.8. The van der Waals surface area contributed by atoms with E-state index in [0.29, 0.717) is 0 Å². The van der Waals surface area contributed by atoms with Crippen LogP contribution in [-0.4, -0.2) is 71.0 Å². The Morgan fingerprint density at radius 1 is 0.270 bits per heavy atom. The molecule has 5 heteroatoms. The van der Waals surface area contributed by atoms with Crippen molar-refractivity contribution in [1.29, 1.82) is 0 Å². The molecule has 0 aliphatic carbocycles. The van der Waals surface area contributed by atoms with Gasteiger partial charge < -0.3 is 0 Å². The summed E-state index contributed by atoms with van der Waals surface area (Å²) in [5.41, 5.74) is 0. The summed E-state index contributed by atoms with van der Waals surface area (Å²) in [5, 5.41) is 0. The zero-order valence-corrected chi connectivity index (χ0v) is 28.3. The van der Waals surface area contributed by atoms with E-state index in [1.165, 1.54) is 155 Å². The maximum absolute atomic E-state index is 3.14.